The van der Waals surface area contributed by atoms with Gasteiger partial charge in [0.1, 0.15) is 11.8 Å². The lowest BCUT2D eigenvalue weighted by atomic mass is 10.1. The van der Waals surface area contributed by atoms with E-state index in [2.05, 4.69) is 18.3 Å². The molecule has 0 bridgehead atoms. The number of hydrogen-bond donors (Lipinski definition) is 1. The van der Waals surface area contributed by atoms with Gasteiger partial charge in [-0.05, 0) is 27.2 Å². The van der Waals surface area contributed by atoms with Crippen molar-refractivity contribution in [3.05, 3.63) is 11.5 Å². The maximum Gasteiger partial charge on any atom is 0.152 e. The number of nitrogens with zero attached hydrogens (tertiary/aromatic N) is 1. The summed E-state index contributed by atoms with van der Waals surface area (Å²) in [4.78, 5) is 0. The summed E-state index contributed by atoms with van der Waals surface area (Å²) < 4.78 is 5.18. The van der Waals surface area contributed by atoms with Crippen LogP contribution in [0.5, 0.6) is 0 Å². The molecule has 0 saturated heterocycles. The van der Waals surface area contributed by atoms with Gasteiger partial charge in [-0.1, -0.05) is 6.92 Å². The molecule has 0 spiro atoms. The van der Waals surface area contributed by atoms with E-state index >= 15 is 0 Å². The first-order valence-corrected chi connectivity index (χ1v) is 4.90. The van der Waals surface area contributed by atoms with E-state index in [0.29, 0.717) is 5.70 Å². The molecule has 1 N–H and O–H groups in total. The minimum absolute atomic E-state index is 0.109. The molecule has 0 rings (SSSR count). The standard InChI is InChI=1S/C11H20N2O/c1-6-7-10(14-5)9(8-12)13-11(2,3)4/h13H,6-7H2,1-5H3/b10-9+. The van der Waals surface area contributed by atoms with Crippen LogP contribution in [0.15, 0.2) is 11.5 Å². The van der Waals surface area contributed by atoms with E-state index in [1.165, 1.54) is 0 Å². The van der Waals surface area contributed by atoms with E-state index in [1.54, 1.807) is 7.11 Å². The second kappa shape index (κ2) is 5.54. The molecule has 0 atom stereocenters. The first-order chi connectivity index (χ1) is 6.44. The van der Waals surface area contributed by atoms with Crippen molar-refractivity contribution in [2.45, 2.75) is 46.1 Å². The Morgan fingerprint density at radius 2 is 2.00 bits per heavy atom. The smallest absolute Gasteiger partial charge is 0.152 e. The van der Waals surface area contributed by atoms with Gasteiger partial charge in [0.15, 0.2) is 5.70 Å². The van der Waals surface area contributed by atoms with Crippen molar-refractivity contribution in [1.29, 1.82) is 5.26 Å². The van der Waals surface area contributed by atoms with Gasteiger partial charge in [0, 0.05) is 12.0 Å². The molecule has 0 aromatic carbocycles. The van der Waals surface area contributed by atoms with Gasteiger partial charge >= 0.3 is 0 Å². The maximum absolute atomic E-state index is 8.97. The highest BCUT2D eigenvalue weighted by Gasteiger charge is 2.14. The molecular weight excluding hydrogens is 176 g/mol. The van der Waals surface area contributed by atoms with Crippen molar-refractivity contribution in [1.82, 2.24) is 5.32 Å². The average molecular weight is 196 g/mol. The summed E-state index contributed by atoms with van der Waals surface area (Å²) in [5.74, 6) is 0.741. The quantitative estimate of drug-likeness (QED) is 0.555. The van der Waals surface area contributed by atoms with Crippen LogP contribution >= 0.6 is 0 Å². The molecule has 80 valence electrons. The van der Waals surface area contributed by atoms with Crippen LogP contribution in [-0.2, 0) is 4.74 Å². The number of hydrogen-bond acceptors (Lipinski definition) is 3. The molecule has 0 aliphatic heterocycles. The van der Waals surface area contributed by atoms with Crippen molar-refractivity contribution < 1.29 is 4.74 Å². The predicted molar refractivity (Wildman–Crippen MR) is 57.4 cm³/mol. The van der Waals surface area contributed by atoms with E-state index in [0.717, 1.165) is 18.6 Å². The minimum Gasteiger partial charge on any atom is -0.498 e. The molecule has 0 saturated carbocycles. The summed E-state index contributed by atoms with van der Waals surface area (Å²) in [7, 11) is 1.60. The van der Waals surface area contributed by atoms with Crippen molar-refractivity contribution in [2.24, 2.45) is 0 Å². The molecular formula is C11H20N2O. The number of allylic oxidation sites excluding steroid dienone is 2. The van der Waals surface area contributed by atoms with Crippen LogP contribution in [0.25, 0.3) is 0 Å². The largest absolute Gasteiger partial charge is 0.498 e. The number of nitriles is 1. The van der Waals surface area contributed by atoms with Gasteiger partial charge in [-0.15, -0.1) is 0 Å². The Kier molecular flexibility index (Phi) is 5.07. The fourth-order valence-electron chi connectivity index (χ4n) is 1.09. The fraction of sp³-hybridized carbons (Fsp3) is 0.727. The molecule has 0 aromatic heterocycles. The molecule has 0 unspecified atom stereocenters. The highest BCUT2D eigenvalue weighted by molar-refractivity contribution is 5.24. The Hall–Kier alpha value is -1.17. The monoisotopic (exact) mass is 196 g/mol. The van der Waals surface area contributed by atoms with Crippen LogP contribution < -0.4 is 5.32 Å². The van der Waals surface area contributed by atoms with Crippen LogP contribution in [0.3, 0.4) is 0 Å². The van der Waals surface area contributed by atoms with E-state index in [9.17, 15) is 0 Å². The molecule has 0 aromatic rings. The Morgan fingerprint density at radius 1 is 1.43 bits per heavy atom. The van der Waals surface area contributed by atoms with Crippen molar-refractivity contribution in [3.8, 4) is 6.07 Å². The van der Waals surface area contributed by atoms with Crippen LogP contribution in [0, 0.1) is 11.3 Å². The molecule has 0 fully saturated rings. The van der Waals surface area contributed by atoms with Crippen LogP contribution in [0.4, 0.5) is 0 Å². The zero-order valence-corrected chi connectivity index (χ0v) is 9.77. The number of rotatable bonds is 4. The van der Waals surface area contributed by atoms with Crippen molar-refractivity contribution in [2.75, 3.05) is 7.11 Å². The second-order valence-corrected chi connectivity index (χ2v) is 4.24. The summed E-state index contributed by atoms with van der Waals surface area (Å²) >= 11 is 0. The van der Waals surface area contributed by atoms with Gasteiger partial charge in [0.2, 0.25) is 0 Å². The number of ether oxygens (including phenoxy) is 1. The Morgan fingerprint density at radius 3 is 2.29 bits per heavy atom. The Labute approximate surface area is 86.8 Å². The SMILES string of the molecule is CCC/C(OC)=C(/C#N)NC(C)(C)C. The third-order valence-electron chi connectivity index (χ3n) is 1.61. The second-order valence-electron chi connectivity index (χ2n) is 4.24. The lowest BCUT2D eigenvalue weighted by Crippen LogP contribution is -2.35. The molecule has 0 aliphatic rings. The highest BCUT2D eigenvalue weighted by atomic mass is 16.5. The normalized spacial score (nSPS) is 12.9. The third-order valence-corrected chi connectivity index (χ3v) is 1.61. The van der Waals surface area contributed by atoms with Gasteiger partial charge in [0.05, 0.1) is 7.11 Å². The molecule has 0 radical (unpaired) electrons. The summed E-state index contributed by atoms with van der Waals surface area (Å²) in [6.45, 7) is 8.11. The molecule has 14 heavy (non-hydrogen) atoms. The predicted octanol–water partition coefficient (Wildman–Crippen LogP) is 2.56. The van der Waals surface area contributed by atoms with Gasteiger partial charge in [0.25, 0.3) is 0 Å². The summed E-state index contributed by atoms with van der Waals surface area (Å²) in [5.41, 5.74) is 0.435. The van der Waals surface area contributed by atoms with Gasteiger partial charge in [-0.2, -0.15) is 5.26 Å². The summed E-state index contributed by atoms with van der Waals surface area (Å²) in [5, 5.41) is 12.1. The van der Waals surface area contributed by atoms with E-state index in [4.69, 9.17) is 10.00 Å². The molecule has 0 aliphatic carbocycles. The number of methoxy groups -OCH3 is 1. The fourth-order valence-corrected chi connectivity index (χ4v) is 1.09. The highest BCUT2D eigenvalue weighted by Crippen LogP contribution is 2.12. The topological polar surface area (TPSA) is 45.0 Å². The zero-order valence-electron chi connectivity index (χ0n) is 9.77. The third kappa shape index (κ3) is 4.76. The summed E-state index contributed by atoms with van der Waals surface area (Å²) in [6.07, 6.45) is 1.77. The van der Waals surface area contributed by atoms with Gasteiger partial charge in [-0.3, -0.25) is 0 Å². The first-order valence-electron chi connectivity index (χ1n) is 4.90. The lowest BCUT2D eigenvalue weighted by molar-refractivity contribution is 0.266. The van der Waals surface area contributed by atoms with E-state index in [-0.39, 0.29) is 5.54 Å². The first kappa shape index (κ1) is 12.8. The Bertz CT molecular complexity index is 243. The van der Waals surface area contributed by atoms with Crippen LogP contribution in [0.2, 0.25) is 0 Å². The molecule has 3 heteroatoms. The van der Waals surface area contributed by atoms with E-state index in [1.807, 2.05) is 20.8 Å². The van der Waals surface area contributed by atoms with Crippen molar-refractivity contribution >= 4 is 0 Å². The molecule has 0 heterocycles. The van der Waals surface area contributed by atoms with Crippen molar-refractivity contribution in [3.63, 3.8) is 0 Å². The van der Waals surface area contributed by atoms with Crippen LogP contribution in [-0.4, -0.2) is 12.6 Å². The van der Waals surface area contributed by atoms with E-state index < -0.39 is 0 Å². The number of nitrogens with one attached hydrogen (secondary N) is 1. The molecule has 0 amide bonds. The summed E-state index contributed by atoms with van der Waals surface area (Å²) in [6, 6.07) is 2.14. The van der Waals surface area contributed by atoms with Crippen LogP contribution in [0.1, 0.15) is 40.5 Å². The zero-order chi connectivity index (χ0) is 11.2. The Balaban J connectivity index is 4.73. The molecule has 3 nitrogen and oxygen atoms in total. The van der Waals surface area contributed by atoms with Gasteiger partial charge in [-0.25, -0.2) is 0 Å². The average Bonchev–Trinajstić information content (AvgIpc) is 2.09. The maximum atomic E-state index is 8.97. The van der Waals surface area contributed by atoms with Gasteiger partial charge < -0.3 is 10.1 Å². The minimum atomic E-state index is -0.109. The lowest BCUT2D eigenvalue weighted by Gasteiger charge is -2.22.